The van der Waals surface area contributed by atoms with Crippen LogP contribution in [0.3, 0.4) is 0 Å². The summed E-state index contributed by atoms with van der Waals surface area (Å²) in [5.74, 6) is -4.24. The number of fused-ring (bicyclic) bond motifs is 1. The van der Waals surface area contributed by atoms with Crippen LogP contribution in [-0.2, 0) is 26.2 Å². The molecular weight excluding hydrogens is 600 g/mol. The highest BCUT2D eigenvalue weighted by Crippen LogP contribution is 2.40. The average Bonchev–Trinajstić information content (AvgIpc) is 3.64. The number of nitrogens with zero attached hydrogens (tertiary/aromatic N) is 3. The summed E-state index contributed by atoms with van der Waals surface area (Å²) in [5.41, 5.74) is 0.233. The van der Waals surface area contributed by atoms with E-state index in [0.717, 1.165) is 37.7 Å². The molecule has 0 radical (unpaired) electrons. The van der Waals surface area contributed by atoms with Crippen LogP contribution in [0.25, 0.3) is 0 Å². The Kier molecular flexibility index (Phi) is 10.1. The van der Waals surface area contributed by atoms with Crippen LogP contribution >= 0.6 is 0 Å². The first-order valence-electron chi connectivity index (χ1n) is 12.4. The van der Waals surface area contributed by atoms with Crippen molar-refractivity contribution < 1.29 is 59.3 Å². The number of alkyl halides is 6. The van der Waals surface area contributed by atoms with Crippen molar-refractivity contribution >= 4 is 22.0 Å². The number of hydrogen-bond donors (Lipinski definition) is 2. The summed E-state index contributed by atoms with van der Waals surface area (Å²) in [6.45, 7) is 3.43. The van der Waals surface area contributed by atoms with Gasteiger partial charge < -0.3 is 14.9 Å². The normalized spacial score (nSPS) is 22.0. The lowest BCUT2D eigenvalue weighted by atomic mass is 10.0. The Morgan fingerprint density at radius 3 is 2.05 bits per heavy atom. The molecule has 2 fully saturated rings. The summed E-state index contributed by atoms with van der Waals surface area (Å²) >= 11 is 0. The van der Waals surface area contributed by atoms with E-state index in [4.69, 9.17) is 24.5 Å². The van der Waals surface area contributed by atoms with Crippen LogP contribution < -0.4 is 4.74 Å². The van der Waals surface area contributed by atoms with Gasteiger partial charge in [0.15, 0.2) is 0 Å². The van der Waals surface area contributed by atoms with E-state index in [-0.39, 0.29) is 11.4 Å². The third-order valence-electron chi connectivity index (χ3n) is 6.42. The highest BCUT2D eigenvalue weighted by Gasteiger charge is 2.48. The molecule has 3 aliphatic rings. The van der Waals surface area contributed by atoms with Crippen molar-refractivity contribution in [2.45, 2.75) is 48.7 Å². The Bertz CT molecular complexity index is 1330. The van der Waals surface area contributed by atoms with Crippen LogP contribution in [0.15, 0.2) is 53.6 Å². The Balaban J connectivity index is 0.000000289. The summed E-state index contributed by atoms with van der Waals surface area (Å²) < 4.78 is 98.4. The van der Waals surface area contributed by atoms with Crippen LogP contribution in [-0.4, -0.2) is 88.9 Å². The van der Waals surface area contributed by atoms with Gasteiger partial charge in [0.05, 0.1) is 18.8 Å². The fourth-order valence-electron chi connectivity index (χ4n) is 4.33. The fourth-order valence-corrected chi connectivity index (χ4v) is 5.93. The van der Waals surface area contributed by atoms with Gasteiger partial charge in [-0.25, -0.2) is 18.0 Å². The molecular formula is C25H27F6N3O7S. The number of sulfonamides is 1. The van der Waals surface area contributed by atoms with Gasteiger partial charge in [0.25, 0.3) is 0 Å². The Labute approximate surface area is 236 Å². The molecule has 0 amide bonds. The smallest absolute Gasteiger partial charge is 0.483 e. The predicted octanol–water partition coefficient (Wildman–Crippen LogP) is 3.79. The standard InChI is InChI=1S/C21H25N3O3S.2C2HF3O2/c25-28(26)20-7-2-1-6-19(20)27-21(10-12-23(15-21)13-17-8-9-17)16-24(28)14-18-5-3-4-11-22-18;2*3-2(4,5)1(6)7/h1-7,11,17H,8-10,12-16H2;2*(H,6,7). The van der Waals surface area contributed by atoms with Gasteiger partial charge in [-0.05, 0) is 43.0 Å². The summed E-state index contributed by atoms with van der Waals surface area (Å²) in [6.07, 6.45) is -5.00. The first kappa shape index (κ1) is 33.1. The molecule has 17 heteroatoms. The van der Waals surface area contributed by atoms with Gasteiger partial charge in [-0.1, -0.05) is 18.2 Å². The number of hydrogen-bond acceptors (Lipinski definition) is 7. The average molecular weight is 628 g/mol. The maximum atomic E-state index is 13.4. The van der Waals surface area contributed by atoms with Crippen molar-refractivity contribution in [3.8, 4) is 5.75 Å². The number of carboxylic acid groups (broad SMARTS) is 2. The third-order valence-corrected chi connectivity index (χ3v) is 8.25. The molecule has 1 aromatic heterocycles. The number of carboxylic acids is 2. The van der Waals surface area contributed by atoms with E-state index >= 15 is 0 Å². The number of benzene rings is 1. The number of ether oxygens (including phenoxy) is 1. The van der Waals surface area contributed by atoms with E-state index in [1.165, 1.54) is 12.8 Å². The number of aliphatic carboxylic acids is 2. The van der Waals surface area contributed by atoms with Gasteiger partial charge >= 0.3 is 24.3 Å². The first-order chi connectivity index (χ1) is 19.4. The van der Waals surface area contributed by atoms with E-state index in [0.29, 0.717) is 12.3 Å². The molecule has 1 saturated carbocycles. The molecule has 2 aliphatic heterocycles. The maximum Gasteiger partial charge on any atom is 0.490 e. The quantitative estimate of drug-likeness (QED) is 0.485. The fraction of sp³-hybridized carbons (Fsp3) is 0.480. The topological polar surface area (TPSA) is 137 Å². The zero-order valence-electron chi connectivity index (χ0n) is 21.8. The SMILES string of the molecule is O=C(O)C(F)(F)F.O=C(O)C(F)(F)F.O=S1(=O)c2ccccc2OC2(CCN(CC3CC3)C2)CN1Cc1ccccn1. The molecule has 42 heavy (non-hydrogen) atoms. The van der Waals surface area contributed by atoms with Crippen molar-refractivity contribution in [2.24, 2.45) is 5.92 Å². The molecule has 2 aromatic rings. The van der Waals surface area contributed by atoms with Gasteiger partial charge in [-0.3, -0.25) is 9.88 Å². The lowest BCUT2D eigenvalue weighted by Crippen LogP contribution is -2.49. The van der Waals surface area contributed by atoms with Crippen LogP contribution in [0.5, 0.6) is 5.75 Å². The molecule has 1 unspecified atom stereocenters. The summed E-state index contributed by atoms with van der Waals surface area (Å²) in [7, 11) is -3.66. The van der Waals surface area contributed by atoms with Gasteiger partial charge in [-0.2, -0.15) is 30.6 Å². The van der Waals surface area contributed by atoms with Crippen LogP contribution in [0, 0.1) is 5.92 Å². The van der Waals surface area contributed by atoms with Crippen molar-refractivity contribution in [3.05, 3.63) is 54.4 Å². The molecule has 1 spiro atoms. The van der Waals surface area contributed by atoms with Crippen molar-refractivity contribution in [1.82, 2.24) is 14.2 Å². The second-order valence-electron chi connectivity index (χ2n) is 9.86. The summed E-state index contributed by atoms with van der Waals surface area (Å²) in [5, 5.41) is 14.2. The van der Waals surface area contributed by atoms with Gasteiger partial charge in [0.1, 0.15) is 16.2 Å². The molecule has 2 N–H and O–H groups in total. The number of para-hydroxylation sites is 1. The van der Waals surface area contributed by atoms with Gasteiger partial charge in [-0.15, -0.1) is 0 Å². The second-order valence-corrected chi connectivity index (χ2v) is 11.8. The van der Waals surface area contributed by atoms with E-state index < -0.39 is 39.9 Å². The lowest BCUT2D eigenvalue weighted by Gasteiger charge is -2.32. The number of pyridine rings is 1. The number of halogens is 6. The van der Waals surface area contributed by atoms with E-state index in [2.05, 4.69) is 9.88 Å². The molecule has 5 rings (SSSR count). The largest absolute Gasteiger partial charge is 0.490 e. The highest BCUT2D eigenvalue weighted by molar-refractivity contribution is 7.89. The molecule has 10 nitrogen and oxygen atoms in total. The highest BCUT2D eigenvalue weighted by atomic mass is 32.2. The Hall–Kier alpha value is -3.44. The number of likely N-dealkylation sites (tertiary alicyclic amines) is 1. The van der Waals surface area contributed by atoms with E-state index in [1.807, 2.05) is 24.3 Å². The minimum atomic E-state index is -5.08. The monoisotopic (exact) mass is 627 g/mol. The van der Waals surface area contributed by atoms with E-state index in [1.54, 1.807) is 28.7 Å². The Morgan fingerprint density at radius 1 is 0.952 bits per heavy atom. The second kappa shape index (κ2) is 12.8. The molecule has 1 saturated heterocycles. The zero-order valence-corrected chi connectivity index (χ0v) is 22.6. The number of carbonyl (C=O) groups is 2. The minimum Gasteiger partial charge on any atom is -0.483 e. The number of aromatic nitrogens is 1. The van der Waals surface area contributed by atoms with Gasteiger partial charge in [0, 0.05) is 32.3 Å². The molecule has 0 bridgehead atoms. The first-order valence-corrected chi connectivity index (χ1v) is 13.9. The van der Waals surface area contributed by atoms with Crippen LogP contribution in [0.2, 0.25) is 0 Å². The zero-order chi connectivity index (χ0) is 31.3. The van der Waals surface area contributed by atoms with Crippen molar-refractivity contribution in [1.29, 1.82) is 0 Å². The van der Waals surface area contributed by atoms with E-state index in [9.17, 15) is 34.8 Å². The predicted molar refractivity (Wildman–Crippen MR) is 133 cm³/mol. The molecule has 3 heterocycles. The molecule has 1 aromatic carbocycles. The van der Waals surface area contributed by atoms with Crippen LogP contribution in [0.4, 0.5) is 26.3 Å². The minimum absolute atomic E-state index is 0.253. The van der Waals surface area contributed by atoms with Gasteiger partial charge in [0.2, 0.25) is 10.0 Å². The van der Waals surface area contributed by atoms with Crippen LogP contribution in [0.1, 0.15) is 25.0 Å². The third kappa shape index (κ3) is 9.03. The van der Waals surface area contributed by atoms with Crippen molar-refractivity contribution in [2.75, 3.05) is 26.2 Å². The Morgan fingerprint density at radius 2 is 1.52 bits per heavy atom. The summed E-state index contributed by atoms with van der Waals surface area (Å²) in [4.78, 5) is 24.8. The molecule has 1 aliphatic carbocycles. The maximum absolute atomic E-state index is 13.4. The lowest BCUT2D eigenvalue weighted by molar-refractivity contribution is -0.193. The molecule has 232 valence electrons. The van der Waals surface area contributed by atoms with Crippen molar-refractivity contribution in [3.63, 3.8) is 0 Å². The summed E-state index contributed by atoms with van der Waals surface area (Å²) in [6, 6.07) is 12.6. The number of rotatable bonds is 4. The molecule has 1 atom stereocenters.